The number of aryl methyl sites for hydroxylation is 1. The molecule has 0 aromatic carbocycles. The quantitative estimate of drug-likeness (QED) is 0.646. The van der Waals surface area contributed by atoms with E-state index in [1.54, 1.807) is 6.08 Å². The summed E-state index contributed by atoms with van der Waals surface area (Å²) >= 11 is 0. The molecule has 0 atom stereocenters. The highest BCUT2D eigenvalue weighted by Gasteiger charge is 2.27. The van der Waals surface area contributed by atoms with Gasteiger partial charge in [0.05, 0.1) is 5.69 Å². The van der Waals surface area contributed by atoms with Crippen molar-refractivity contribution in [3.8, 4) is 6.07 Å². The molecule has 1 N–H and O–H groups in total. The fourth-order valence-electron chi connectivity index (χ4n) is 1.97. The molecule has 2 rings (SSSR count). The Kier molecular flexibility index (Phi) is 4.00. The summed E-state index contributed by atoms with van der Waals surface area (Å²) in [6, 6.07) is 3.89. The molecule has 1 saturated carbocycles. The second-order valence-corrected chi connectivity index (χ2v) is 4.82. The average Bonchev–Trinajstić information content (AvgIpc) is 3.17. The molecule has 1 aliphatic carbocycles. The van der Waals surface area contributed by atoms with Crippen molar-refractivity contribution < 1.29 is 4.79 Å². The molecule has 5 nitrogen and oxygen atoms in total. The second-order valence-electron chi connectivity index (χ2n) is 4.82. The SMILES string of the molecule is CCCNC(=O)/C(C#N)=C\c1cc(C2CC2)n(C)n1. The summed E-state index contributed by atoms with van der Waals surface area (Å²) in [5, 5.41) is 16.1. The van der Waals surface area contributed by atoms with Gasteiger partial charge in [-0.2, -0.15) is 10.4 Å². The third-order valence-electron chi connectivity index (χ3n) is 3.12. The zero-order chi connectivity index (χ0) is 13.8. The van der Waals surface area contributed by atoms with Crippen LogP contribution < -0.4 is 5.32 Å². The molecule has 1 aliphatic rings. The molecule has 1 aromatic rings. The first-order chi connectivity index (χ1) is 9.15. The van der Waals surface area contributed by atoms with Crippen LogP contribution in [0.3, 0.4) is 0 Å². The molecule has 1 heterocycles. The topological polar surface area (TPSA) is 70.7 Å². The molecule has 0 spiro atoms. The number of hydrogen-bond acceptors (Lipinski definition) is 3. The highest BCUT2D eigenvalue weighted by atomic mass is 16.1. The second kappa shape index (κ2) is 5.70. The smallest absolute Gasteiger partial charge is 0.262 e. The van der Waals surface area contributed by atoms with Gasteiger partial charge >= 0.3 is 0 Å². The van der Waals surface area contributed by atoms with Gasteiger partial charge in [0.15, 0.2) is 0 Å². The van der Waals surface area contributed by atoms with Gasteiger partial charge in [-0.05, 0) is 31.4 Å². The van der Waals surface area contributed by atoms with Gasteiger partial charge in [-0.3, -0.25) is 9.48 Å². The van der Waals surface area contributed by atoms with Gasteiger partial charge < -0.3 is 5.32 Å². The molecule has 0 saturated heterocycles. The van der Waals surface area contributed by atoms with Crippen molar-refractivity contribution in [2.45, 2.75) is 32.1 Å². The summed E-state index contributed by atoms with van der Waals surface area (Å²) in [5.74, 6) is 0.266. The van der Waals surface area contributed by atoms with Gasteiger partial charge in [-0.25, -0.2) is 0 Å². The molecule has 1 aromatic heterocycles. The minimum atomic E-state index is -0.331. The van der Waals surface area contributed by atoms with Crippen LogP contribution in [-0.2, 0) is 11.8 Å². The third kappa shape index (κ3) is 3.22. The van der Waals surface area contributed by atoms with E-state index < -0.39 is 0 Å². The summed E-state index contributed by atoms with van der Waals surface area (Å²) in [6.45, 7) is 2.55. The van der Waals surface area contributed by atoms with Crippen molar-refractivity contribution in [1.29, 1.82) is 5.26 Å². The number of hydrogen-bond donors (Lipinski definition) is 1. The third-order valence-corrected chi connectivity index (χ3v) is 3.12. The van der Waals surface area contributed by atoms with Crippen molar-refractivity contribution in [2.24, 2.45) is 7.05 Å². The van der Waals surface area contributed by atoms with Gasteiger partial charge in [0.1, 0.15) is 11.6 Å². The maximum absolute atomic E-state index is 11.7. The zero-order valence-corrected chi connectivity index (χ0v) is 11.3. The summed E-state index contributed by atoms with van der Waals surface area (Å²) in [6.07, 6.45) is 4.80. The van der Waals surface area contributed by atoms with E-state index in [1.807, 2.05) is 30.8 Å². The number of carbonyl (C=O) groups is 1. The summed E-state index contributed by atoms with van der Waals surface area (Å²) in [4.78, 5) is 11.7. The Bertz CT molecular complexity index is 546. The first-order valence-electron chi connectivity index (χ1n) is 6.59. The maximum Gasteiger partial charge on any atom is 0.262 e. The Morgan fingerprint density at radius 3 is 3.00 bits per heavy atom. The fourth-order valence-corrected chi connectivity index (χ4v) is 1.97. The van der Waals surface area contributed by atoms with E-state index in [1.165, 1.54) is 18.5 Å². The van der Waals surface area contributed by atoms with Crippen LogP contribution in [-0.4, -0.2) is 22.2 Å². The van der Waals surface area contributed by atoms with E-state index in [9.17, 15) is 4.79 Å². The Labute approximate surface area is 112 Å². The van der Waals surface area contributed by atoms with Crippen LogP contribution in [0.1, 0.15) is 43.5 Å². The fraction of sp³-hybridized carbons (Fsp3) is 0.500. The van der Waals surface area contributed by atoms with Crippen LogP contribution >= 0.6 is 0 Å². The van der Waals surface area contributed by atoms with Crippen LogP contribution in [0.2, 0.25) is 0 Å². The molecule has 5 heteroatoms. The van der Waals surface area contributed by atoms with Crippen molar-refractivity contribution >= 4 is 12.0 Å². The number of amides is 1. The zero-order valence-electron chi connectivity index (χ0n) is 11.3. The van der Waals surface area contributed by atoms with E-state index >= 15 is 0 Å². The Balaban J connectivity index is 2.15. The molecule has 0 unspecified atom stereocenters. The lowest BCUT2D eigenvalue weighted by Crippen LogP contribution is -2.25. The average molecular weight is 258 g/mol. The molecule has 1 amide bonds. The monoisotopic (exact) mass is 258 g/mol. The predicted molar refractivity (Wildman–Crippen MR) is 72.1 cm³/mol. The number of nitrogens with one attached hydrogen (secondary N) is 1. The minimum absolute atomic E-state index is 0.105. The van der Waals surface area contributed by atoms with Crippen molar-refractivity contribution in [2.75, 3.05) is 6.54 Å². The molecule has 0 radical (unpaired) electrons. The molecule has 100 valence electrons. The minimum Gasteiger partial charge on any atom is -0.351 e. The van der Waals surface area contributed by atoms with Crippen molar-refractivity contribution in [3.63, 3.8) is 0 Å². The van der Waals surface area contributed by atoms with E-state index in [0.29, 0.717) is 18.2 Å². The lowest BCUT2D eigenvalue weighted by Gasteiger charge is -2.00. The Morgan fingerprint density at radius 2 is 2.42 bits per heavy atom. The van der Waals surface area contributed by atoms with E-state index in [-0.39, 0.29) is 11.5 Å². The van der Waals surface area contributed by atoms with Crippen LogP contribution in [0.15, 0.2) is 11.6 Å². The molecular formula is C14H18N4O. The normalized spacial score (nSPS) is 15.1. The van der Waals surface area contributed by atoms with Gasteiger partial charge in [-0.15, -0.1) is 0 Å². The van der Waals surface area contributed by atoms with E-state index in [4.69, 9.17) is 5.26 Å². The summed E-state index contributed by atoms with van der Waals surface area (Å²) < 4.78 is 1.84. The molecular weight excluding hydrogens is 240 g/mol. The maximum atomic E-state index is 11.7. The Morgan fingerprint density at radius 1 is 1.68 bits per heavy atom. The van der Waals surface area contributed by atoms with E-state index in [2.05, 4.69) is 10.4 Å². The number of nitriles is 1. The lowest BCUT2D eigenvalue weighted by molar-refractivity contribution is -0.117. The first-order valence-corrected chi connectivity index (χ1v) is 6.59. The van der Waals surface area contributed by atoms with Crippen molar-refractivity contribution in [1.82, 2.24) is 15.1 Å². The standard InChI is InChI=1S/C14H18N4O/c1-3-6-16-14(19)11(9-15)7-12-8-13(10-4-5-10)18(2)17-12/h7-8,10H,3-6H2,1-2H3,(H,16,19)/b11-7-. The van der Waals surface area contributed by atoms with Gasteiger partial charge in [0.2, 0.25) is 0 Å². The summed E-state index contributed by atoms with van der Waals surface area (Å²) in [7, 11) is 1.90. The van der Waals surface area contributed by atoms with Crippen LogP contribution in [0.4, 0.5) is 0 Å². The molecule has 0 bridgehead atoms. The number of aromatic nitrogens is 2. The number of nitrogens with zero attached hydrogens (tertiary/aromatic N) is 3. The van der Waals surface area contributed by atoms with Crippen molar-refractivity contribution in [3.05, 3.63) is 23.0 Å². The predicted octanol–water partition coefficient (Wildman–Crippen LogP) is 1.73. The highest BCUT2D eigenvalue weighted by molar-refractivity contribution is 6.01. The number of carbonyl (C=O) groups excluding carboxylic acids is 1. The largest absolute Gasteiger partial charge is 0.351 e. The van der Waals surface area contributed by atoms with Gasteiger partial charge in [0.25, 0.3) is 5.91 Å². The first kappa shape index (κ1) is 13.3. The van der Waals surface area contributed by atoms with Crippen LogP contribution in [0.25, 0.3) is 6.08 Å². The van der Waals surface area contributed by atoms with E-state index in [0.717, 1.165) is 6.42 Å². The van der Waals surface area contributed by atoms with Gasteiger partial charge in [0, 0.05) is 25.2 Å². The Hall–Kier alpha value is -2.09. The van der Waals surface area contributed by atoms with Crippen LogP contribution in [0, 0.1) is 11.3 Å². The molecule has 1 fully saturated rings. The lowest BCUT2D eigenvalue weighted by atomic mass is 10.2. The summed E-state index contributed by atoms with van der Waals surface area (Å²) in [5.41, 5.74) is 1.96. The van der Waals surface area contributed by atoms with Crippen LogP contribution in [0.5, 0.6) is 0 Å². The number of rotatable bonds is 5. The highest BCUT2D eigenvalue weighted by Crippen LogP contribution is 2.40. The molecule has 0 aliphatic heterocycles. The molecule has 19 heavy (non-hydrogen) atoms. The van der Waals surface area contributed by atoms with Gasteiger partial charge in [-0.1, -0.05) is 6.92 Å².